The molecule has 0 aromatic heterocycles. The van der Waals surface area contributed by atoms with Crippen LogP contribution < -0.4 is 5.32 Å². The molecular formula is C13H23F3N2. The van der Waals surface area contributed by atoms with Gasteiger partial charge >= 0.3 is 6.18 Å². The maximum absolute atomic E-state index is 12.2. The quantitative estimate of drug-likeness (QED) is 0.840. The number of alkyl halides is 3. The lowest BCUT2D eigenvalue weighted by Gasteiger charge is -2.39. The predicted octanol–water partition coefficient (Wildman–Crippen LogP) is 2.94. The van der Waals surface area contributed by atoms with Crippen molar-refractivity contribution in [2.75, 3.05) is 19.6 Å². The Kier molecular flexibility index (Phi) is 4.90. The largest absolute Gasteiger partial charge is 0.389 e. The van der Waals surface area contributed by atoms with Gasteiger partial charge in [-0.2, -0.15) is 13.2 Å². The molecule has 2 nitrogen and oxygen atoms in total. The zero-order chi connectivity index (χ0) is 13.0. The van der Waals surface area contributed by atoms with E-state index >= 15 is 0 Å². The second kappa shape index (κ2) is 6.24. The van der Waals surface area contributed by atoms with Gasteiger partial charge in [0.1, 0.15) is 0 Å². The van der Waals surface area contributed by atoms with Crippen LogP contribution in [0.5, 0.6) is 0 Å². The molecule has 0 aromatic rings. The van der Waals surface area contributed by atoms with Crippen molar-refractivity contribution < 1.29 is 13.2 Å². The summed E-state index contributed by atoms with van der Waals surface area (Å²) >= 11 is 0. The highest BCUT2D eigenvalue weighted by molar-refractivity contribution is 4.90. The van der Waals surface area contributed by atoms with Crippen molar-refractivity contribution in [2.45, 2.75) is 63.2 Å². The van der Waals surface area contributed by atoms with Crippen LogP contribution in [-0.2, 0) is 0 Å². The minimum atomic E-state index is -4.00. The molecule has 2 unspecified atom stereocenters. The molecule has 5 heteroatoms. The van der Waals surface area contributed by atoms with Gasteiger partial charge < -0.3 is 5.32 Å². The molecule has 0 aliphatic carbocycles. The summed E-state index contributed by atoms with van der Waals surface area (Å²) in [5, 5.41) is 3.50. The number of likely N-dealkylation sites (tertiary alicyclic amines) is 1. The Labute approximate surface area is 107 Å². The zero-order valence-electron chi connectivity index (χ0n) is 10.8. The van der Waals surface area contributed by atoms with Crippen molar-refractivity contribution in [3.05, 3.63) is 0 Å². The molecule has 0 radical (unpaired) electrons. The number of nitrogens with zero attached hydrogens (tertiary/aromatic N) is 1. The van der Waals surface area contributed by atoms with E-state index in [2.05, 4.69) is 10.2 Å². The summed E-state index contributed by atoms with van der Waals surface area (Å²) in [7, 11) is 0. The van der Waals surface area contributed by atoms with Crippen LogP contribution in [0.25, 0.3) is 0 Å². The molecule has 2 fully saturated rings. The summed E-state index contributed by atoms with van der Waals surface area (Å²) in [6.07, 6.45) is 1.48. The SMILES string of the molecule is FC(F)(F)CCCN1CCCCC1C1CCCN1. The van der Waals surface area contributed by atoms with Gasteiger partial charge in [-0.15, -0.1) is 0 Å². The first-order valence-electron chi connectivity index (χ1n) is 7.10. The van der Waals surface area contributed by atoms with E-state index in [1.165, 1.54) is 19.3 Å². The van der Waals surface area contributed by atoms with Crippen molar-refractivity contribution in [2.24, 2.45) is 0 Å². The average Bonchev–Trinajstić information content (AvgIpc) is 2.81. The highest BCUT2D eigenvalue weighted by Gasteiger charge is 2.32. The zero-order valence-corrected chi connectivity index (χ0v) is 10.8. The van der Waals surface area contributed by atoms with Crippen LogP contribution in [0.1, 0.15) is 44.9 Å². The van der Waals surface area contributed by atoms with Crippen LogP contribution in [0.2, 0.25) is 0 Å². The second-order valence-corrected chi connectivity index (χ2v) is 5.52. The van der Waals surface area contributed by atoms with Crippen LogP contribution >= 0.6 is 0 Å². The lowest BCUT2D eigenvalue weighted by atomic mass is 9.94. The van der Waals surface area contributed by atoms with E-state index in [0.717, 1.165) is 25.9 Å². The van der Waals surface area contributed by atoms with Crippen LogP contribution in [0.15, 0.2) is 0 Å². The maximum Gasteiger partial charge on any atom is 0.389 e. The molecule has 1 N–H and O–H groups in total. The van der Waals surface area contributed by atoms with Gasteiger partial charge in [-0.3, -0.25) is 4.90 Å². The summed E-state index contributed by atoms with van der Waals surface area (Å²) in [6, 6.07) is 0.977. The van der Waals surface area contributed by atoms with E-state index in [4.69, 9.17) is 0 Å². The second-order valence-electron chi connectivity index (χ2n) is 5.52. The molecule has 2 aliphatic heterocycles. The van der Waals surface area contributed by atoms with Gasteiger partial charge in [0, 0.05) is 18.5 Å². The molecule has 0 saturated carbocycles. The van der Waals surface area contributed by atoms with Crippen LogP contribution in [0, 0.1) is 0 Å². The number of hydrogen-bond donors (Lipinski definition) is 1. The van der Waals surface area contributed by atoms with Gasteiger partial charge in [0.25, 0.3) is 0 Å². The van der Waals surface area contributed by atoms with E-state index in [1.807, 2.05) is 0 Å². The summed E-state index contributed by atoms with van der Waals surface area (Å²) in [5.41, 5.74) is 0. The van der Waals surface area contributed by atoms with E-state index in [9.17, 15) is 13.2 Å². The summed E-state index contributed by atoms with van der Waals surface area (Å²) in [5.74, 6) is 0. The molecule has 0 bridgehead atoms. The number of piperidine rings is 1. The highest BCUT2D eigenvalue weighted by Crippen LogP contribution is 2.26. The first kappa shape index (κ1) is 14.1. The monoisotopic (exact) mass is 264 g/mol. The Morgan fingerprint density at radius 2 is 1.94 bits per heavy atom. The molecule has 0 amide bonds. The fourth-order valence-electron chi connectivity index (χ4n) is 3.27. The molecule has 2 saturated heterocycles. The third kappa shape index (κ3) is 4.12. The van der Waals surface area contributed by atoms with Crippen molar-refractivity contribution in [3.8, 4) is 0 Å². The van der Waals surface area contributed by atoms with Gasteiger partial charge in [0.2, 0.25) is 0 Å². The normalized spacial score (nSPS) is 30.8. The lowest BCUT2D eigenvalue weighted by molar-refractivity contribution is -0.136. The van der Waals surface area contributed by atoms with E-state index in [1.54, 1.807) is 0 Å². The Morgan fingerprint density at radius 3 is 2.61 bits per heavy atom. The highest BCUT2D eigenvalue weighted by atomic mass is 19.4. The van der Waals surface area contributed by atoms with Crippen molar-refractivity contribution in [1.82, 2.24) is 10.2 Å². The van der Waals surface area contributed by atoms with Crippen LogP contribution in [0.3, 0.4) is 0 Å². The Hall–Kier alpha value is -0.290. The molecule has 2 atom stereocenters. The Balaban J connectivity index is 1.80. The lowest BCUT2D eigenvalue weighted by Crippen LogP contribution is -2.50. The summed E-state index contributed by atoms with van der Waals surface area (Å²) in [4.78, 5) is 2.29. The van der Waals surface area contributed by atoms with E-state index in [0.29, 0.717) is 18.6 Å². The minimum absolute atomic E-state index is 0.243. The molecule has 0 aromatic carbocycles. The smallest absolute Gasteiger partial charge is 0.312 e. The van der Waals surface area contributed by atoms with Crippen molar-refractivity contribution >= 4 is 0 Å². The predicted molar refractivity (Wildman–Crippen MR) is 65.5 cm³/mol. The molecule has 2 aliphatic rings. The molecule has 2 heterocycles. The van der Waals surface area contributed by atoms with Crippen LogP contribution in [-0.4, -0.2) is 42.8 Å². The molecule has 2 rings (SSSR count). The molecule has 106 valence electrons. The average molecular weight is 264 g/mol. The van der Waals surface area contributed by atoms with Crippen LogP contribution in [0.4, 0.5) is 13.2 Å². The van der Waals surface area contributed by atoms with Gasteiger partial charge in [-0.05, 0) is 51.7 Å². The number of hydrogen-bond acceptors (Lipinski definition) is 2. The Morgan fingerprint density at radius 1 is 1.11 bits per heavy atom. The number of rotatable bonds is 4. The van der Waals surface area contributed by atoms with Gasteiger partial charge in [0.05, 0.1) is 0 Å². The van der Waals surface area contributed by atoms with E-state index in [-0.39, 0.29) is 6.42 Å². The Bertz CT molecular complexity index is 249. The number of halogens is 3. The maximum atomic E-state index is 12.2. The molecule has 18 heavy (non-hydrogen) atoms. The van der Waals surface area contributed by atoms with E-state index < -0.39 is 12.6 Å². The van der Waals surface area contributed by atoms with Gasteiger partial charge in [-0.1, -0.05) is 6.42 Å². The summed E-state index contributed by atoms with van der Waals surface area (Å²) in [6.45, 7) is 2.64. The first-order valence-corrected chi connectivity index (χ1v) is 7.10. The molecule has 0 spiro atoms. The van der Waals surface area contributed by atoms with Gasteiger partial charge in [0.15, 0.2) is 0 Å². The fraction of sp³-hybridized carbons (Fsp3) is 1.00. The standard InChI is InChI=1S/C13H23F3N2/c14-13(15,16)7-4-10-18-9-2-1-6-12(18)11-5-3-8-17-11/h11-12,17H,1-10H2. The minimum Gasteiger partial charge on any atom is -0.312 e. The van der Waals surface area contributed by atoms with Crippen molar-refractivity contribution in [3.63, 3.8) is 0 Å². The molecular weight excluding hydrogens is 241 g/mol. The van der Waals surface area contributed by atoms with Gasteiger partial charge in [-0.25, -0.2) is 0 Å². The summed E-state index contributed by atoms with van der Waals surface area (Å²) < 4.78 is 36.5. The third-order valence-electron chi connectivity index (χ3n) is 4.13. The first-order chi connectivity index (χ1) is 8.56. The number of nitrogens with one attached hydrogen (secondary N) is 1. The third-order valence-corrected chi connectivity index (χ3v) is 4.13. The topological polar surface area (TPSA) is 15.3 Å². The fourth-order valence-corrected chi connectivity index (χ4v) is 3.27. The van der Waals surface area contributed by atoms with Crippen molar-refractivity contribution in [1.29, 1.82) is 0 Å².